The molecule has 0 unspecified atom stereocenters. The van der Waals surface area contributed by atoms with Gasteiger partial charge in [-0.3, -0.25) is 9.36 Å². The first kappa shape index (κ1) is 26.7. The van der Waals surface area contributed by atoms with Crippen LogP contribution in [0.3, 0.4) is 0 Å². The number of rotatable bonds is 4. The third-order valence-corrected chi connectivity index (χ3v) is 9.49. The summed E-state index contributed by atoms with van der Waals surface area (Å²) in [6.45, 7) is 3.93. The van der Waals surface area contributed by atoms with Crippen molar-refractivity contribution in [1.82, 2.24) is 9.13 Å². The number of nitrogens with zero attached hydrogens (tertiary/aromatic N) is 3. The minimum absolute atomic E-state index is 0.0819. The lowest BCUT2D eigenvalue weighted by atomic mass is 9.83. The number of benzene rings is 3. The van der Waals surface area contributed by atoms with E-state index in [1.807, 2.05) is 59.4 Å². The molecular weight excluding hydrogens is 569 g/mol. The summed E-state index contributed by atoms with van der Waals surface area (Å²) in [5.74, 6) is 0.274. The van der Waals surface area contributed by atoms with Gasteiger partial charge in [-0.2, -0.15) is 0 Å². The maximum absolute atomic E-state index is 14.3. The van der Waals surface area contributed by atoms with Crippen LogP contribution in [0.4, 0.5) is 4.39 Å². The molecular formula is C34H27ClFN3O2S. The molecule has 8 heteroatoms. The lowest BCUT2D eigenvalue weighted by Crippen LogP contribution is -2.38. The van der Waals surface area contributed by atoms with Crippen LogP contribution < -0.4 is 19.6 Å². The second-order valence-electron chi connectivity index (χ2n) is 10.7. The molecule has 210 valence electrons. The molecule has 1 aliphatic carbocycles. The molecule has 0 amide bonds. The van der Waals surface area contributed by atoms with Gasteiger partial charge in [0.25, 0.3) is 5.56 Å². The van der Waals surface area contributed by atoms with Crippen molar-refractivity contribution in [3.05, 3.63) is 143 Å². The largest absolute Gasteiger partial charge is 0.497 e. The molecule has 5 aromatic rings. The Bertz CT molecular complexity index is 2120. The molecule has 1 atom stereocenters. The highest BCUT2D eigenvalue weighted by Crippen LogP contribution is 2.41. The van der Waals surface area contributed by atoms with Gasteiger partial charge in [-0.25, -0.2) is 9.38 Å². The lowest BCUT2D eigenvalue weighted by molar-refractivity contribution is 0.413. The Morgan fingerprint density at radius 1 is 1.05 bits per heavy atom. The molecule has 0 spiro atoms. The average molecular weight is 596 g/mol. The van der Waals surface area contributed by atoms with E-state index < -0.39 is 5.82 Å². The number of aryl methyl sites for hydroxylation is 2. The van der Waals surface area contributed by atoms with Crippen LogP contribution in [-0.4, -0.2) is 16.2 Å². The molecule has 1 aliphatic heterocycles. The Morgan fingerprint density at radius 2 is 1.88 bits per heavy atom. The summed E-state index contributed by atoms with van der Waals surface area (Å²) < 4.78 is 24.2. The molecule has 0 radical (unpaired) electrons. The first-order valence-electron chi connectivity index (χ1n) is 13.8. The zero-order valence-electron chi connectivity index (χ0n) is 23.3. The van der Waals surface area contributed by atoms with E-state index in [0.717, 1.165) is 57.9 Å². The first-order chi connectivity index (χ1) is 20.3. The Labute approximate surface area is 251 Å². The summed E-state index contributed by atoms with van der Waals surface area (Å²) in [7, 11) is 1.65. The minimum atomic E-state index is -0.473. The Hall–Kier alpha value is -4.20. The molecule has 7 rings (SSSR count). The lowest BCUT2D eigenvalue weighted by Gasteiger charge is -2.31. The van der Waals surface area contributed by atoms with E-state index in [-0.39, 0.29) is 16.6 Å². The molecule has 3 heterocycles. The maximum atomic E-state index is 14.3. The average Bonchev–Trinajstić information content (AvgIpc) is 3.46. The van der Waals surface area contributed by atoms with Gasteiger partial charge in [0.1, 0.15) is 11.6 Å². The van der Waals surface area contributed by atoms with Crippen LogP contribution in [0.2, 0.25) is 5.02 Å². The zero-order valence-corrected chi connectivity index (χ0v) is 24.9. The molecule has 3 aromatic carbocycles. The zero-order chi connectivity index (χ0) is 29.1. The Kier molecular flexibility index (Phi) is 6.52. The van der Waals surface area contributed by atoms with Gasteiger partial charge in [-0.1, -0.05) is 59.3 Å². The second kappa shape index (κ2) is 10.3. The molecule has 5 nitrogen and oxygen atoms in total. The molecule has 2 aliphatic rings. The molecule has 0 saturated carbocycles. The first-order valence-corrected chi connectivity index (χ1v) is 14.9. The van der Waals surface area contributed by atoms with Gasteiger partial charge < -0.3 is 9.30 Å². The van der Waals surface area contributed by atoms with E-state index >= 15 is 0 Å². The summed E-state index contributed by atoms with van der Waals surface area (Å²) >= 11 is 7.32. The van der Waals surface area contributed by atoms with Crippen molar-refractivity contribution in [2.45, 2.75) is 32.7 Å². The predicted octanol–water partition coefficient (Wildman–Crippen LogP) is 6.53. The standard InChI is InChI=1S/C34H27ClFN3O2S/c1-19-15-23(20(2)38(19)24-12-14-28(35)29(36)18-24)17-30-33(40)39-32(22-8-6-9-25(16-22)41-3)27-13-11-21-7-4-5-10-26(21)31(27)37-34(39)42-30/h4-10,12,14-18,32H,11,13H2,1-3H3/b30-17-/t32-/m0/s1. The van der Waals surface area contributed by atoms with Crippen molar-refractivity contribution >= 4 is 34.7 Å². The number of halogens is 2. The fourth-order valence-corrected chi connectivity index (χ4v) is 7.34. The van der Waals surface area contributed by atoms with Crippen molar-refractivity contribution in [3.8, 4) is 11.4 Å². The van der Waals surface area contributed by atoms with Gasteiger partial charge in [0.15, 0.2) is 4.80 Å². The number of hydrogen-bond acceptors (Lipinski definition) is 4. The third-order valence-electron chi connectivity index (χ3n) is 8.20. The van der Waals surface area contributed by atoms with E-state index in [1.54, 1.807) is 19.2 Å². The van der Waals surface area contributed by atoms with Gasteiger partial charge in [0.05, 0.1) is 28.4 Å². The number of aromatic nitrogens is 2. The van der Waals surface area contributed by atoms with E-state index in [2.05, 4.69) is 24.3 Å². The number of ether oxygens (including phenoxy) is 1. The molecule has 0 bridgehead atoms. The van der Waals surface area contributed by atoms with Crippen molar-refractivity contribution in [3.63, 3.8) is 0 Å². The van der Waals surface area contributed by atoms with Crippen LogP contribution in [0.5, 0.6) is 5.75 Å². The maximum Gasteiger partial charge on any atom is 0.271 e. The summed E-state index contributed by atoms with van der Waals surface area (Å²) in [6, 6.07) is 22.8. The topological polar surface area (TPSA) is 48.5 Å². The molecule has 2 aromatic heterocycles. The van der Waals surface area contributed by atoms with Crippen LogP contribution in [0.25, 0.3) is 17.5 Å². The smallest absolute Gasteiger partial charge is 0.271 e. The van der Waals surface area contributed by atoms with E-state index in [9.17, 15) is 9.18 Å². The normalized spacial score (nSPS) is 16.1. The van der Waals surface area contributed by atoms with Gasteiger partial charge >= 0.3 is 0 Å². The van der Waals surface area contributed by atoms with Crippen molar-refractivity contribution in [1.29, 1.82) is 0 Å². The third kappa shape index (κ3) is 4.27. The van der Waals surface area contributed by atoms with E-state index in [4.69, 9.17) is 21.3 Å². The number of allylic oxidation sites excluding steroid dienone is 1. The van der Waals surface area contributed by atoms with Gasteiger partial charge in [-0.15, -0.1) is 0 Å². The SMILES string of the molecule is COc1cccc([C@H]2C3=C(N=c4s/c(=C\c5cc(C)n(-c6ccc(Cl)c(F)c6)c5C)c(=O)n42)c2ccccc2CC3)c1. The predicted molar refractivity (Wildman–Crippen MR) is 166 cm³/mol. The molecule has 0 N–H and O–H groups in total. The van der Waals surface area contributed by atoms with Crippen molar-refractivity contribution in [2.75, 3.05) is 7.11 Å². The summed E-state index contributed by atoms with van der Waals surface area (Å²) in [6.07, 6.45) is 3.64. The van der Waals surface area contributed by atoms with Crippen molar-refractivity contribution < 1.29 is 9.13 Å². The van der Waals surface area contributed by atoms with Gasteiger partial charge in [-0.05, 0) is 91.4 Å². The van der Waals surface area contributed by atoms with Crippen LogP contribution in [0, 0.1) is 19.7 Å². The van der Waals surface area contributed by atoms with Crippen LogP contribution in [0.1, 0.15) is 46.1 Å². The second-order valence-corrected chi connectivity index (χ2v) is 12.1. The fourth-order valence-electron chi connectivity index (χ4n) is 6.23. The number of hydrogen-bond donors (Lipinski definition) is 0. The Balaban J connectivity index is 1.43. The monoisotopic (exact) mass is 595 g/mol. The van der Waals surface area contributed by atoms with Gasteiger partial charge in [0.2, 0.25) is 0 Å². The highest BCUT2D eigenvalue weighted by molar-refractivity contribution is 7.07. The molecule has 0 fully saturated rings. The van der Waals surface area contributed by atoms with Crippen molar-refractivity contribution in [2.24, 2.45) is 4.99 Å². The van der Waals surface area contributed by atoms with Crippen LogP contribution >= 0.6 is 22.9 Å². The number of fused-ring (bicyclic) bond motifs is 3. The summed E-state index contributed by atoms with van der Waals surface area (Å²) in [5, 5.41) is 0.0819. The highest BCUT2D eigenvalue weighted by Gasteiger charge is 2.32. The van der Waals surface area contributed by atoms with E-state index in [1.165, 1.54) is 23.0 Å². The summed E-state index contributed by atoms with van der Waals surface area (Å²) in [4.78, 5) is 20.0. The van der Waals surface area contributed by atoms with Crippen LogP contribution in [-0.2, 0) is 6.42 Å². The Morgan fingerprint density at radius 3 is 2.69 bits per heavy atom. The summed E-state index contributed by atoms with van der Waals surface area (Å²) in [5.41, 5.74) is 8.80. The minimum Gasteiger partial charge on any atom is -0.497 e. The van der Waals surface area contributed by atoms with Gasteiger partial charge in [0, 0.05) is 22.6 Å². The highest BCUT2D eigenvalue weighted by atomic mass is 35.5. The van der Waals surface area contributed by atoms with Crippen LogP contribution in [0.15, 0.2) is 88.2 Å². The molecule has 42 heavy (non-hydrogen) atoms. The quantitative estimate of drug-likeness (QED) is 0.237. The molecule has 0 saturated heterocycles. The number of thiazole rings is 1. The number of methoxy groups -OCH3 is 1. The fraction of sp³-hybridized carbons (Fsp3) is 0.176. The van der Waals surface area contributed by atoms with E-state index in [0.29, 0.717) is 15.0 Å².